The molecule has 2 unspecified atom stereocenters. The van der Waals surface area contributed by atoms with Gasteiger partial charge in [-0.15, -0.1) is 0 Å². The molecule has 4 heterocycles. The van der Waals surface area contributed by atoms with Crippen LogP contribution in [-0.2, 0) is 9.53 Å². The van der Waals surface area contributed by atoms with Crippen LogP contribution in [0.15, 0.2) is 36.3 Å². The minimum atomic E-state index is -0.401. The fraction of sp³-hybridized carbons (Fsp3) is 0.500. The minimum absolute atomic E-state index is 0.00181. The molecule has 1 aromatic carbocycles. The molecule has 2 fully saturated rings. The summed E-state index contributed by atoms with van der Waals surface area (Å²) in [7, 11) is 1.36. The first-order valence-electron chi connectivity index (χ1n) is 14.1. The summed E-state index contributed by atoms with van der Waals surface area (Å²) < 4.78 is 4.85. The third kappa shape index (κ3) is 6.08. The van der Waals surface area contributed by atoms with Gasteiger partial charge in [-0.2, -0.15) is 0 Å². The Labute approximate surface area is 245 Å². The molecule has 11 heteroatoms. The van der Waals surface area contributed by atoms with Crippen molar-refractivity contribution in [1.82, 2.24) is 24.7 Å². The topological polar surface area (TPSA) is 99.2 Å². The van der Waals surface area contributed by atoms with Crippen LogP contribution in [-0.4, -0.2) is 95.5 Å². The van der Waals surface area contributed by atoms with Crippen molar-refractivity contribution < 1.29 is 19.1 Å². The molecule has 3 aliphatic heterocycles. The molecule has 3 amide bonds. The number of anilines is 1. The van der Waals surface area contributed by atoms with Gasteiger partial charge >= 0.3 is 6.09 Å². The van der Waals surface area contributed by atoms with E-state index in [0.29, 0.717) is 60.5 Å². The van der Waals surface area contributed by atoms with Gasteiger partial charge in [0.25, 0.3) is 5.91 Å². The second-order valence-corrected chi connectivity index (χ2v) is 11.6. The highest BCUT2D eigenvalue weighted by atomic mass is 35.5. The van der Waals surface area contributed by atoms with E-state index in [0.717, 1.165) is 37.3 Å². The number of fused-ring (bicyclic) bond motifs is 1. The van der Waals surface area contributed by atoms with E-state index in [1.807, 2.05) is 50.1 Å². The molecule has 2 aromatic rings. The van der Waals surface area contributed by atoms with Crippen LogP contribution in [0.2, 0.25) is 5.02 Å². The number of halogens is 1. The minimum Gasteiger partial charge on any atom is -0.453 e. The van der Waals surface area contributed by atoms with Crippen LogP contribution in [0.25, 0.3) is 0 Å². The van der Waals surface area contributed by atoms with Crippen LogP contribution < -0.4 is 4.90 Å². The number of benzene rings is 1. The quantitative estimate of drug-likeness (QED) is 0.491. The molecule has 0 saturated carbocycles. The first kappa shape index (κ1) is 29.0. The van der Waals surface area contributed by atoms with Crippen molar-refractivity contribution in [3.8, 4) is 0 Å². The first-order valence-corrected chi connectivity index (χ1v) is 14.5. The number of likely N-dealkylation sites (tertiary alicyclic amines) is 2. The third-order valence-corrected chi connectivity index (χ3v) is 8.82. The van der Waals surface area contributed by atoms with Crippen molar-refractivity contribution in [2.45, 2.75) is 33.6 Å². The number of hydrogen-bond donors (Lipinski definition) is 0. The standard InChI is InChI=1S/C30H37ClN6O4/c1-19-6-7-25(12-26(19)31)37(28(38)22-8-11-35(15-22)30(40)41-4)10-5-9-34-13-23-16-36(17-24(23)14-34)29(39)27-20(2)32-18-33-21(27)3/h6-7,12,16,18,22,24H,5,8-11,13-15,17H2,1-4H3. The number of rotatable bonds is 7. The fourth-order valence-electron chi connectivity index (χ4n) is 6.10. The van der Waals surface area contributed by atoms with Gasteiger partial charge in [-0.3, -0.25) is 14.5 Å². The van der Waals surface area contributed by atoms with Crippen molar-refractivity contribution in [3.05, 3.63) is 63.8 Å². The molecule has 5 rings (SSSR count). The second-order valence-electron chi connectivity index (χ2n) is 11.2. The first-order chi connectivity index (χ1) is 19.7. The second kappa shape index (κ2) is 12.2. The molecular weight excluding hydrogens is 544 g/mol. The highest BCUT2D eigenvalue weighted by Crippen LogP contribution is 2.32. The van der Waals surface area contributed by atoms with Gasteiger partial charge in [-0.1, -0.05) is 17.7 Å². The van der Waals surface area contributed by atoms with Crippen LogP contribution in [0.5, 0.6) is 0 Å². The zero-order valence-electron chi connectivity index (χ0n) is 24.1. The molecule has 1 aromatic heterocycles. The Hall–Kier alpha value is -3.50. The maximum atomic E-state index is 13.7. The zero-order chi connectivity index (χ0) is 29.3. The van der Waals surface area contributed by atoms with Crippen LogP contribution >= 0.6 is 11.6 Å². The van der Waals surface area contributed by atoms with Crippen LogP contribution in [0, 0.1) is 32.6 Å². The Morgan fingerprint density at radius 2 is 1.85 bits per heavy atom. The number of carbonyl (C=O) groups excluding carboxylic acids is 3. The van der Waals surface area contributed by atoms with Crippen LogP contribution in [0.1, 0.15) is 40.2 Å². The summed E-state index contributed by atoms with van der Waals surface area (Å²) in [5.74, 6) is -0.0171. The van der Waals surface area contributed by atoms with Gasteiger partial charge in [0.1, 0.15) is 6.33 Å². The smallest absolute Gasteiger partial charge is 0.409 e. The monoisotopic (exact) mass is 580 g/mol. The van der Waals surface area contributed by atoms with Gasteiger partial charge in [0.05, 0.1) is 30.0 Å². The third-order valence-electron chi connectivity index (χ3n) is 8.41. The number of methoxy groups -OCH3 is 1. The van der Waals surface area contributed by atoms with Gasteiger partial charge in [0.15, 0.2) is 0 Å². The van der Waals surface area contributed by atoms with Crippen molar-refractivity contribution >= 4 is 35.2 Å². The summed E-state index contributed by atoms with van der Waals surface area (Å²) in [6, 6.07) is 5.71. The Balaban J connectivity index is 1.21. The van der Waals surface area contributed by atoms with Gasteiger partial charge in [0.2, 0.25) is 5.91 Å². The van der Waals surface area contributed by atoms with Gasteiger partial charge < -0.3 is 19.4 Å². The summed E-state index contributed by atoms with van der Waals surface area (Å²) in [5.41, 5.74) is 4.97. The summed E-state index contributed by atoms with van der Waals surface area (Å²) in [4.78, 5) is 54.9. The van der Waals surface area contributed by atoms with Crippen molar-refractivity contribution in [2.24, 2.45) is 11.8 Å². The van der Waals surface area contributed by atoms with Crippen molar-refractivity contribution in [3.63, 3.8) is 0 Å². The predicted octanol–water partition coefficient (Wildman–Crippen LogP) is 3.84. The Morgan fingerprint density at radius 3 is 2.54 bits per heavy atom. The lowest BCUT2D eigenvalue weighted by Gasteiger charge is -2.27. The highest BCUT2D eigenvalue weighted by Gasteiger charge is 2.37. The van der Waals surface area contributed by atoms with E-state index in [1.54, 1.807) is 9.80 Å². The predicted molar refractivity (Wildman–Crippen MR) is 156 cm³/mol. The Kier molecular flexibility index (Phi) is 8.60. The number of carbonyl (C=O) groups is 3. The average molecular weight is 581 g/mol. The molecule has 2 atom stereocenters. The molecule has 0 N–H and O–H groups in total. The highest BCUT2D eigenvalue weighted by molar-refractivity contribution is 6.31. The molecule has 0 bridgehead atoms. The van der Waals surface area contributed by atoms with E-state index in [9.17, 15) is 14.4 Å². The number of nitrogens with zero attached hydrogens (tertiary/aromatic N) is 6. The summed E-state index contributed by atoms with van der Waals surface area (Å²) in [6.45, 7) is 10.2. The number of ether oxygens (including phenoxy) is 1. The maximum absolute atomic E-state index is 13.7. The number of aromatic nitrogens is 2. The summed E-state index contributed by atoms with van der Waals surface area (Å²) in [5, 5.41) is 0.619. The number of hydrogen-bond acceptors (Lipinski definition) is 7. The zero-order valence-corrected chi connectivity index (χ0v) is 24.9. The van der Waals surface area contributed by atoms with Gasteiger partial charge in [0, 0.05) is 68.6 Å². The fourth-order valence-corrected chi connectivity index (χ4v) is 6.27. The lowest BCUT2D eigenvalue weighted by molar-refractivity contribution is -0.122. The average Bonchev–Trinajstić information content (AvgIpc) is 3.67. The largest absolute Gasteiger partial charge is 0.453 e. The molecule has 218 valence electrons. The molecule has 2 saturated heterocycles. The van der Waals surface area contributed by atoms with Crippen molar-refractivity contribution in [1.29, 1.82) is 0 Å². The molecule has 0 radical (unpaired) electrons. The summed E-state index contributed by atoms with van der Waals surface area (Å²) in [6.07, 6.45) is 4.48. The van der Waals surface area contributed by atoms with Crippen molar-refractivity contribution in [2.75, 3.05) is 57.8 Å². The van der Waals surface area contributed by atoms with E-state index in [4.69, 9.17) is 16.3 Å². The molecule has 3 aliphatic rings. The van der Waals surface area contributed by atoms with E-state index in [2.05, 4.69) is 14.9 Å². The van der Waals surface area contributed by atoms with E-state index < -0.39 is 6.09 Å². The normalized spacial score (nSPS) is 20.3. The van der Waals surface area contributed by atoms with Gasteiger partial charge in [-0.25, -0.2) is 14.8 Å². The van der Waals surface area contributed by atoms with Crippen LogP contribution in [0.3, 0.4) is 0 Å². The molecule has 41 heavy (non-hydrogen) atoms. The molecular formula is C30H37ClN6O4. The SMILES string of the molecule is COC(=O)N1CCC(C(=O)N(CCCN2CC3=CN(C(=O)c4c(C)ncnc4C)CC3C2)c2ccc(C)c(Cl)c2)C1. The van der Waals surface area contributed by atoms with E-state index in [-0.39, 0.29) is 17.7 Å². The Morgan fingerprint density at radius 1 is 1.10 bits per heavy atom. The van der Waals surface area contributed by atoms with E-state index >= 15 is 0 Å². The molecule has 10 nitrogen and oxygen atoms in total. The Bertz CT molecular complexity index is 1360. The molecule has 0 spiro atoms. The van der Waals surface area contributed by atoms with Crippen LogP contribution in [0.4, 0.5) is 10.5 Å². The lowest BCUT2D eigenvalue weighted by atomic mass is 10.1. The lowest BCUT2D eigenvalue weighted by Crippen LogP contribution is -2.40. The maximum Gasteiger partial charge on any atom is 0.409 e. The molecule has 0 aliphatic carbocycles. The summed E-state index contributed by atoms with van der Waals surface area (Å²) >= 11 is 6.43. The number of aryl methyl sites for hydroxylation is 3. The number of amides is 3. The van der Waals surface area contributed by atoms with Gasteiger partial charge in [-0.05, 0) is 56.9 Å². The van der Waals surface area contributed by atoms with E-state index in [1.165, 1.54) is 19.0 Å².